The number of carbonyl (C=O) groups excluding carboxylic acids is 1. The molecule has 5 nitrogen and oxygen atoms in total. The van der Waals surface area contributed by atoms with Crippen molar-refractivity contribution < 1.29 is 4.79 Å². The van der Waals surface area contributed by atoms with Crippen molar-refractivity contribution >= 4 is 22.9 Å². The van der Waals surface area contributed by atoms with Crippen molar-refractivity contribution in [3.63, 3.8) is 0 Å². The maximum absolute atomic E-state index is 12.3. The summed E-state index contributed by atoms with van der Waals surface area (Å²) >= 11 is 1.65. The Kier molecular flexibility index (Phi) is 5.09. The third kappa shape index (κ3) is 3.55. The molecule has 2 rings (SSSR count). The molecule has 1 unspecified atom stereocenters. The number of pyridine rings is 1. The standard InChI is InChI=1S/C14H18N4OS/c1-2-4-11(13-5-3-8-20-13)17-14(19)12-9-10(18-15)6-7-16-12/h3,5-9,11H,2,4,15H2,1H3,(H,16,18)(H,17,19). The first-order chi connectivity index (χ1) is 9.74. The number of rotatable bonds is 6. The Morgan fingerprint density at radius 3 is 3.00 bits per heavy atom. The maximum Gasteiger partial charge on any atom is 0.270 e. The Labute approximate surface area is 122 Å². The lowest BCUT2D eigenvalue weighted by molar-refractivity contribution is 0.0930. The second-order valence-corrected chi connectivity index (χ2v) is 5.38. The zero-order valence-electron chi connectivity index (χ0n) is 11.3. The minimum Gasteiger partial charge on any atom is -0.343 e. The van der Waals surface area contributed by atoms with Crippen molar-refractivity contribution in [1.82, 2.24) is 10.3 Å². The van der Waals surface area contributed by atoms with Gasteiger partial charge >= 0.3 is 0 Å². The molecular weight excluding hydrogens is 272 g/mol. The summed E-state index contributed by atoms with van der Waals surface area (Å²) in [6.07, 6.45) is 3.46. The van der Waals surface area contributed by atoms with Gasteiger partial charge in [0.25, 0.3) is 5.91 Å². The molecule has 106 valence electrons. The first-order valence-electron chi connectivity index (χ1n) is 6.51. The van der Waals surface area contributed by atoms with E-state index in [1.54, 1.807) is 29.7 Å². The van der Waals surface area contributed by atoms with E-state index in [-0.39, 0.29) is 11.9 Å². The largest absolute Gasteiger partial charge is 0.343 e. The number of nitrogen functional groups attached to an aromatic ring is 1. The number of hydrogen-bond donors (Lipinski definition) is 3. The van der Waals surface area contributed by atoms with Crippen LogP contribution in [-0.4, -0.2) is 10.9 Å². The summed E-state index contributed by atoms with van der Waals surface area (Å²) in [6, 6.07) is 7.40. The van der Waals surface area contributed by atoms with Gasteiger partial charge in [-0.25, -0.2) is 0 Å². The van der Waals surface area contributed by atoms with E-state index in [4.69, 9.17) is 5.84 Å². The van der Waals surface area contributed by atoms with Crippen molar-refractivity contribution in [2.75, 3.05) is 5.43 Å². The summed E-state index contributed by atoms with van der Waals surface area (Å²) in [5, 5.41) is 5.04. The number of hydrazine groups is 1. The van der Waals surface area contributed by atoms with Crippen molar-refractivity contribution in [3.8, 4) is 0 Å². The van der Waals surface area contributed by atoms with Crippen molar-refractivity contribution in [2.24, 2.45) is 5.84 Å². The van der Waals surface area contributed by atoms with Crippen LogP contribution < -0.4 is 16.6 Å². The number of nitrogens with one attached hydrogen (secondary N) is 2. The van der Waals surface area contributed by atoms with E-state index < -0.39 is 0 Å². The lowest BCUT2D eigenvalue weighted by atomic mass is 10.1. The molecule has 2 aromatic rings. The van der Waals surface area contributed by atoms with Gasteiger partial charge < -0.3 is 10.7 Å². The second-order valence-electron chi connectivity index (χ2n) is 4.40. The van der Waals surface area contributed by atoms with Crippen molar-refractivity contribution in [2.45, 2.75) is 25.8 Å². The van der Waals surface area contributed by atoms with E-state index in [1.807, 2.05) is 17.5 Å². The van der Waals surface area contributed by atoms with Crippen LogP contribution in [0, 0.1) is 0 Å². The van der Waals surface area contributed by atoms with Crippen LogP contribution in [-0.2, 0) is 0 Å². The average Bonchev–Trinajstić information content (AvgIpc) is 3.01. The molecule has 1 atom stereocenters. The highest BCUT2D eigenvalue weighted by molar-refractivity contribution is 7.10. The quantitative estimate of drug-likeness (QED) is 0.564. The summed E-state index contributed by atoms with van der Waals surface area (Å²) in [5.41, 5.74) is 3.53. The number of thiophene rings is 1. The first-order valence-corrected chi connectivity index (χ1v) is 7.39. The Balaban J connectivity index is 2.11. The first kappa shape index (κ1) is 14.5. The number of anilines is 1. The smallest absolute Gasteiger partial charge is 0.270 e. The molecule has 1 amide bonds. The van der Waals surface area contributed by atoms with Gasteiger partial charge in [0.15, 0.2) is 0 Å². The lowest BCUT2D eigenvalue weighted by Crippen LogP contribution is -2.28. The number of amides is 1. The van der Waals surface area contributed by atoms with Crippen LogP contribution >= 0.6 is 11.3 Å². The highest BCUT2D eigenvalue weighted by Gasteiger charge is 2.16. The number of hydrogen-bond acceptors (Lipinski definition) is 5. The van der Waals surface area contributed by atoms with Gasteiger partial charge in [-0.2, -0.15) is 0 Å². The highest BCUT2D eigenvalue weighted by atomic mass is 32.1. The number of nitrogens with zero attached hydrogens (tertiary/aromatic N) is 1. The zero-order chi connectivity index (χ0) is 14.4. The summed E-state index contributed by atoms with van der Waals surface area (Å²) in [4.78, 5) is 17.5. The molecule has 0 radical (unpaired) electrons. The molecule has 20 heavy (non-hydrogen) atoms. The van der Waals surface area contributed by atoms with Crippen LogP contribution in [0.25, 0.3) is 0 Å². The van der Waals surface area contributed by atoms with Gasteiger partial charge in [-0.1, -0.05) is 19.4 Å². The molecule has 0 saturated carbocycles. The molecular formula is C14H18N4OS. The normalized spacial score (nSPS) is 11.9. The zero-order valence-corrected chi connectivity index (χ0v) is 12.1. The minimum atomic E-state index is -0.186. The van der Waals surface area contributed by atoms with Crippen LogP contribution in [0.15, 0.2) is 35.8 Å². The van der Waals surface area contributed by atoms with Crippen LogP contribution in [0.5, 0.6) is 0 Å². The lowest BCUT2D eigenvalue weighted by Gasteiger charge is -2.16. The Bertz CT molecular complexity index is 556. The molecule has 0 aliphatic rings. The van der Waals surface area contributed by atoms with E-state index in [2.05, 4.69) is 22.7 Å². The second kappa shape index (κ2) is 7.02. The molecule has 2 aromatic heterocycles. The molecule has 0 aromatic carbocycles. The highest BCUT2D eigenvalue weighted by Crippen LogP contribution is 2.23. The third-order valence-electron chi connectivity index (χ3n) is 2.93. The molecule has 0 aliphatic carbocycles. The molecule has 0 spiro atoms. The average molecular weight is 290 g/mol. The fourth-order valence-electron chi connectivity index (χ4n) is 1.94. The fraction of sp³-hybridized carbons (Fsp3) is 0.286. The third-order valence-corrected chi connectivity index (χ3v) is 3.91. The molecule has 6 heteroatoms. The molecule has 4 N–H and O–H groups in total. The van der Waals surface area contributed by atoms with Crippen LogP contribution in [0.2, 0.25) is 0 Å². The monoisotopic (exact) mass is 290 g/mol. The van der Waals surface area contributed by atoms with Crippen molar-refractivity contribution in [1.29, 1.82) is 0 Å². The summed E-state index contributed by atoms with van der Waals surface area (Å²) < 4.78 is 0. The number of aromatic nitrogens is 1. The topological polar surface area (TPSA) is 80.0 Å². The van der Waals surface area contributed by atoms with Gasteiger partial charge in [0.05, 0.1) is 11.7 Å². The molecule has 2 heterocycles. The number of nitrogens with two attached hydrogens (primary N) is 1. The predicted molar refractivity (Wildman–Crippen MR) is 81.5 cm³/mol. The summed E-state index contributed by atoms with van der Waals surface area (Å²) in [5.74, 6) is 5.15. The van der Waals surface area contributed by atoms with Gasteiger partial charge in [-0.3, -0.25) is 15.6 Å². The molecule has 0 bridgehead atoms. The van der Waals surface area contributed by atoms with Gasteiger partial charge in [-0.05, 0) is 30.0 Å². The van der Waals surface area contributed by atoms with E-state index in [0.717, 1.165) is 17.7 Å². The Morgan fingerprint density at radius 1 is 1.50 bits per heavy atom. The predicted octanol–water partition coefficient (Wildman–Crippen LogP) is 2.70. The van der Waals surface area contributed by atoms with Gasteiger partial charge in [0.2, 0.25) is 0 Å². The van der Waals surface area contributed by atoms with Gasteiger partial charge in [0, 0.05) is 11.1 Å². The fourth-order valence-corrected chi connectivity index (χ4v) is 2.75. The van der Waals surface area contributed by atoms with Crippen molar-refractivity contribution in [3.05, 3.63) is 46.4 Å². The maximum atomic E-state index is 12.3. The van der Waals surface area contributed by atoms with Gasteiger partial charge in [-0.15, -0.1) is 11.3 Å². The van der Waals surface area contributed by atoms with Crippen LogP contribution in [0.4, 0.5) is 5.69 Å². The van der Waals surface area contributed by atoms with E-state index in [1.165, 1.54) is 0 Å². The SMILES string of the molecule is CCCC(NC(=O)c1cc(NN)ccn1)c1cccs1. The van der Waals surface area contributed by atoms with Crippen LogP contribution in [0.1, 0.15) is 41.2 Å². The van der Waals surface area contributed by atoms with E-state index in [0.29, 0.717) is 11.4 Å². The Hall–Kier alpha value is -1.92. The Morgan fingerprint density at radius 2 is 2.35 bits per heavy atom. The summed E-state index contributed by atoms with van der Waals surface area (Å²) in [7, 11) is 0. The molecule has 0 aliphatic heterocycles. The van der Waals surface area contributed by atoms with E-state index >= 15 is 0 Å². The molecule has 0 fully saturated rings. The number of carbonyl (C=O) groups is 1. The van der Waals surface area contributed by atoms with Crippen LogP contribution in [0.3, 0.4) is 0 Å². The van der Waals surface area contributed by atoms with E-state index in [9.17, 15) is 4.79 Å². The minimum absolute atomic E-state index is 0.0313. The van der Waals surface area contributed by atoms with Gasteiger partial charge in [0.1, 0.15) is 5.69 Å². The molecule has 0 saturated heterocycles. The summed E-state index contributed by atoms with van der Waals surface area (Å²) in [6.45, 7) is 2.10.